The second-order valence-electron chi connectivity index (χ2n) is 5.94. The van der Waals surface area contributed by atoms with Crippen LogP contribution in [0.2, 0.25) is 0 Å². The Morgan fingerprint density at radius 1 is 1.36 bits per heavy atom. The van der Waals surface area contributed by atoms with Gasteiger partial charge in [0.25, 0.3) is 0 Å². The highest BCUT2D eigenvalue weighted by molar-refractivity contribution is 5.93. The third-order valence-corrected chi connectivity index (χ3v) is 3.61. The minimum atomic E-state index is -0.873. The molecule has 118 valence electrons. The van der Waals surface area contributed by atoms with Crippen LogP contribution in [-0.4, -0.2) is 31.8 Å². The monoisotopic (exact) mass is 304 g/mol. The Balaban J connectivity index is 2.15. The summed E-state index contributed by atoms with van der Waals surface area (Å²) in [5, 5.41) is 0. The van der Waals surface area contributed by atoms with E-state index < -0.39 is 23.5 Å². The summed E-state index contributed by atoms with van der Waals surface area (Å²) < 4.78 is 15.5. The fourth-order valence-corrected chi connectivity index (χ4v) is 2.31. The SMILES string of the molecule is COc1ccccc1/C(C)=C/C(=O)O[C@@H]1C(=O)OCC1(C)C. The van der Waals surface area contributed by atoms with Gasteiger partial charge in [0.1, 0.15) is 12.4 Å². The Morgan fingerprint density at radius 3 is 2.64 bits per heavy atom. The van der Waals surface area contributed by atoms with Crippen molar-refractivity contribution in [3.05, 3.63) is 35.9 Å². The summed E-state index contributed by atoms with van der Waals surface area (Å²) in [4.78, 5) is 23.7. The first-order valence-corrected chi connectivity index (χ1v) is 7.04. The number of rotatable bonds is 4. The number of carbonyl (C=O) groups is 2. The van der Waals surface area contributed by atoms with Crippen molar-refractivity contribution in [2.45, 2.75) is 26.9 Å². The van der Waals surface area contributed by atoms with E-state index in [4.69, 9.17) is 14.2 Å². The molecule has 1 fully saturated rings. The molecule has 5 heteroatoms. The molecule has 0 spiro atoms. The summed E-state index contributed by atoms with van der Waals surface area (Å²) in [7, 11) is 1.57. The molecule has 1 atom stereocenters. The number of benzene rings is 1. The van der Waals surface area contributed by atoms with E-state index in [1.165, 1.54) is 6.08 Å². The van der Waals surface area contributed by atoms with E-state index in [0.29, 0.717) is 11.3 Å². The maximum atomic E-state index is 12.1. The number of allylic oxidation sites excluding steroid dienone is 1. The normalized spacial score (nSPS) is 20.5. The van der Waals surface area contributed by atoms with Crippen LogP contribution in [0.3, 0.4) is 0 Å². The van der Waals surface area contributed by atoms with Gasteiger partial charge < -0.3 is 14.2 Å². The molecule has 0 aliphatic carbocycles. The average molecular weight is 304 g/mol. The van der Waals surface area contributed by atoms with Gasteiger partial charge in [-0.25, -0.2) is 9.59 Å². The van der Waals surface area contributed by atoms with E-state index in [2.05, 4.69) is 0 Å². The summed E-state index contributed by atoms with van der Waals surface area (Å²) >= 11 is 0. The lowest BCUT2D eigenvalue weighted by molar-refractivity contribution is -0.159. The summed E-state index contributed by atoms with van der Waals surface area (Å²) in [6.45, 7) is 5.69. The Bertz CT molecular complexity index is 615. The van der Waals surface area contributed by atoms with Crippen LogP contribution in [0.4, 0.5) is 0 Å². The zero-order valence-electron chi connectivity index (χ0n) is 13.2. The van der Waals surface area contributed by atoms with Gasteiger partial charge in [0.15, 0.2) is 0 Å². The number of methoxy groups -OCH3 is 1. The number of hydrogen-bond acceptors (Lipinski definition) is 5. The van der Waals surface area contributed by atoms with Crippen LogP contribution in [0.5, 0.6) is 5.75 Å². The van der Waals surface area contributed by atoms with Gasteiger partial charge in [0.2, 0.25) is 6.10 Å². The van der Waals surface area contributed by atoms with Crippen molar-refractivity contribution >= 4 is 17.5 Å². The number of esters is 2. The second kappa shape index (κ2) is 6.22. The van der Waals surface area contributed by atoms with Gasteiger partial charge in [-0.3, -0.25) is 0 Å². The standard InChI is InChI=1S/C17H20O5/c1-11(12-7-5-6-8-13(12)20-4)9-14(18)22-15-16(19)21-10-17(15,2)3/h5-9,15H,10H2,1-4H3/b11-9+/t15-/m1/s1. The zero-order valence-corrected chi connectivity index (χ0v) is 13.2. The van der Waals surface area contributed by atoms with Gasteiger partial charge in [-0.2, -0.15) is 0 Å². The van der Waals surface area contributed by atoms with Crippen molar-refractivity contribution < 1.29 is 23.8 Å². The molecule has 0 radical (unpaired) electrons. The maximum Gasteiger partial charge on any atom is 0.348 e. The molecule has 0 unspecified atom stereocenters. The topological polar surface area (TPSA) is 61.8 Å². The van der Waals surface area contributed by atoms with Crippen LogP contribution in [0, 0.1) is 5.41 Å². The van der Waals surface area contributed by atoms with Crippen molar-refractivity contribution in [2.24, 2.45) is 5.41 Å². The van der Waals surface area contributed by atoms with E-state index in [1.807, 2.05) is 38.1 Å². The summed E-state index contributed by atoms with van der Waals surface area (Å²) in [6.07, 6.45) is 0.487. The van der Waals surface area contributed by atoms with Gasteiger partial charge >= 0.3 is 11.9 Å². The highest BCUT2D eigenvalue weighted by Gasteiger charge is 2.46. The average Bonchev–Trinajstić information content (AvgIpc) is 2.74. The van der Waals surface area contributed by atoms with Crippen molar-refractivity contribution in [1.82, 2.24) is 0 Å². The number of hydrogen-bond donors (Lipinski definition) is 0. The van der Waals surface area contributed by atoms with Crippen molar-refractivity contribution in [2.75, 3.05) is 13.7 Å². The predicted molar refractivity (Wildman–Crippen MR) is 81.3 cm³/mol. The van der Waals surface area contributed by atoms with Crippen molar-refractivity contribution in [3.8, 4) is 5.75 Å². The Hall–Kier alpha value is -2.30. The van der Waals surface area contributed by atoms with Crippen molar-refractivity contribution in [3.63, 3.8) is 0 Å². The third-order valence-electron chi connectivity index (χ3n) is 3.61. The summed E-state index contributed by atoms with van der Waals surface area (Å²) in [5.41, 5.74) is 0.987. The lowest BCUT2D eigenvalue weighted by Crippen LogP contribution is -2.34. The Labute approximate surface area is 129 Å². The third kappa shape index (κ3) is 3.30. The molecular weight excluding hydrogens is 284 g/mol. The van der Waals surface area contributed by atoms with Crippen LogP contribution in [0.25, 0.3) is 5.57 Å². The number of cyclic esters (lactones) is 1. The van der Waals surface area contributed by atoms with Crippen LogP contribution in [0.15, 0.2) is 30.3 Å². The maximum absolute atomic E-state index is 12.1. The molecule has 0 aromatic heterocycles. The van der Waals surface area contributed by atoms with Crippen LogP contribution in [-0.2, 0) is 19.1 Å². The molecule has 0 N–H and O–H groups in total. The van der Waals surface area contributed by atoms with E-state index in [-0.39, 0.29) is 6.61 Å². The molecule has 1 aliphatic heterocycles. The van der Waals surface area contributed by atoms with Gasteiger partial charge in [-0.1, -0.05) is 32.0 Å². The molecule has 1 heterocycles. The van der Waals surface area contributed by atoms with Gasteiger partial charge in [-0.05, 0) is 18.6 Å². The zero-order chi connectivity index (χ0) is 16.3. The van der Waals surface area contributed by atoms with Gasteiger partial charge in [0.05, 0.1) is 7.11 Å². The van der Waals surface area contributed by atoms with Crippen molar-refractivity contribution in [1.29, 1.82) is 0 Å². The molecule has 22 heavy (non-hydrogen) atoms. The van der Waals surface area contributed by atoms with Gasteiger partial charge in [0, 0.05) is 17.1 Å². The largest absolute Gasteiger partial charge is 0.496 e. The van der Waals surface area contributed by atoms with Crippen LogP contribution < -0.4 is 4.74 Å². The molecule has 0 amide bonds. The fraction of sp³-hybridized carbons (Fsp3) is 0.412. The van der Waals surface area contributed by atoms with E-state index in [0.717, 1.165) is 5.56 Å². The molecule has 0 bridgehead atoms. The molecule has 1 aromatic carbocycles. The Kier molecular flexibility index (Phi) is 4.54. The smallest absolute Gasteiger partial charge is 0.348 e. The summed E-state index contributed by atoms with van der Waals surface area (Å²) in [6, 6.07) is 7.38. The number of carbonyl (C=O) groups excluding carboxylic acids is 2. The Morgan fingerprint density at radius 2 is 2.05 bits per heavy atom. The molecule has 1 aliphatic rings. The molecular formula is C17H20O5. The lowest BCUT2D eigenvalue weighted by atomic mass is 9.90. The highest BCUT2D eigenvalue weighted by Crippen LogP contribution is 2.31. The lowest BCUT2D eigenvalue weighted by Gasteiger charge is -2.21. The predicted octanol–water partition coefficient (Wildman–Crippen LogP) is 2.59. The fourth-order valence-electron chi connectivity index (χ4n) is 2.31. The first kappa shape index (κ1) is 16.1. The molecule has 1 saturated heterocycles. The van der Waals surface area contributed by atoms with E-state index >= 15 is 0 Å². The molecule has 1 aromatic rings. The summed E-state index contributed by atoms with van der Waals surface area (Å²) in [5.74, 6) is -0.397. The highest BCUT2D eigenvalue weighted by atomic mass is 16.6. The van der Waals surface area contributed by atoms with E-state index in [1.54, 1.807) is 14.0 Å². The second-order valence-corrected chi connectivity index (χ2v) is 5.94. The molecule has 0 saturated carbocycles. The molecule has 5 nitrogen and oxygen atoms in total. The first-order valence-electron chi connectivity index (χ1n) is 7.04. The van der Waals surface area contributed by atoms with Crippen LogP contribution >= 0.6 is 0 Å². The minimum Gasteiger partial charge on any atom is -0.496 e. The molecule has 2 rings (SSSR count). The quantitative estimate of drug-likeness (QED) is 0.632. The minimum absolute atomic E-state index is 0.249. The van der Waals surface area contributed by atoms with E-state index in [9.17, 15) is 9.59 Å². The van der Waals surface area contributed by atoms with Crippen LogP contribution in [0.1, 0.15) is 26.3 Å². The van der Waals surface area contributed by atoms with Gasteiger partial charge in [-0.15, -0.1) is 0 Å². The number of para-hydroxylation sites is 1. The number of ether oxygens (including phenoxy) is 3. The first-order chi connectivity index (χ1) is 10.3.